The van der Waals surface area contributed by atoms with Gasteiger partial charge < -0.3 is 9.47 Å². The Balaban J connectivity index is 2.50. The highest BCUT2D eigenvalue weighted by Crippen LogP contribution is 2.27. The number of rotatable bonds is 14. The van der Waals surface area contributed by atoms with Crippen molar-refractivity contribution in [3.05, 3.63) is 21.8 Å². The van der Waals surface area contributed by atoms with Crippen LogP contribution in [0.4, 0.5) is 0 Å². The molecule has 25 heavy (non-hydrogen) atoms. The molecule has 0 fully saturated rings. The number of halogens is 1. The molecule has 0 saturated heterocycles. The minimum atomic E-state index is 0.663. The van der Waals surface area contributed by atoms with E-state index in [4.69, 9.17) is 9.47 Å². The molecule has 0 heterocycles. The zero-order chi connectivity index (χ0) is 18.5. The molecule has 2 nitrogen and oxygen atoms in total. The summed E-state index contributed by atoms with van der Waals surface area (Å²) in [5.74, 6) is 3.28. The third-order valence-corrected chi connectivity index (χ3v) is 5.79. The minimum absolute atomic E-state index is 0.663. The van der Waals surface area contributed by atoms with Crippen molar-refractivity contribution < 1.29 is 9.47 Å². The summed E-state index contributed by atoms with van der Waals surface area (Å²) in [5.41, 5.74) is 0. The van der Waals surface area contributed by atoms with Crippen molar-refractivity contribution in [1.82, 2.24) is 0 Å². The second kappa shape index (κ2) is 13.7. The number of benzene rings is 1. The molecule has 0 aliphatic carbocycles. The van der Waals surface area contributed by atoms with E-state index in [9.17, 15) is 0 Å². The molecule has 0 saturated carbocycles. The minimum Gasteiger partial charge on any atom is -0.493 e. The summed E-state index contributed by atoms with van der Waals surface area (Å²) in [5, 5.41) is 0. The molecular weight excluding hydrogens is 423 g/mol. The lowest BCUT2D eigenvalue weighted by Crippen LogP contribution is -2.12. The summed E-state index contributed by atoms with van der Waals surface area (Å²) in [4.78, 5) is 0. The smallest absolute Gasteiger partial charge is 0.132 e. The van der Waals surface area contributed by atoms with Crippen LogP contribution in [0.25, 0.3) is 0 Å². The molecule has 144 valence electrons. The van der Waals surface area contributed by atoms with E-state index in [2.05, 4.69) is 68.5 Å². The Bertz CT molecular complexity index is 461. The predicted molar refractivity (Wildman–Crippen MR) is 117 cm³/mol. The third-order valence-electron chi connectivity index (χ3n) is 4.95. The van der Waals surface area contributed by atoms with E-state index in [1.807, 2.05) is 0 Å². The van der Waals surface area contributed by atoms with Gasteiger partial charge in [0, 0.05) is 0 Å². The van der Waals surface area contributed by atoms with Gasteiger partial charge in [0.15, 0.2) is 0 Å². The average molecular weight is 460 g/mol. The van der Waals surface area contributed by atoms with Gasteiger partial charge in [-0.25, -0.2) is 0 Å². The van der Waals surface area contributed by atoms with Gasteiger partial charge in [0.1, 0.15) is 11.5 Å². The maximum absolute atomic E-state index is 6.08. The number of unbranched alkanes of at least 4 members (excludes halogenated alkanes) is 2. The first-order valence-electron chi connectivity index (χ1n) is 10.2. The van der Waals surface area contributed by atoms with E-state index in [1.54, 1.807) is 0 Å². The largest absolute Gasteiger partial charge is 0.493 e. The molecule has 1 rings (SSSR count). The summed E-state index contributed by atoms with van der Waals surface area (Å²) in [6, 6.07) is 6.23. The lowest BCUT2D eigenvalue weighted by Gasteiger charge is -2.18. The van der Waals surface area contributed by atoms with Crippen molar-refractivity contribution in [3.63, 3.8) is 0 Å². The van der Waals surface area contributed by atoms with Crippen molar-refractivity contribution in [3.8, 4) is 11.5 Å². The fourth-order valence-corrected chi connectivity index (χ4v) is 3.55. The standard InChI is InChI=1S/C22H37IO2/c1-5-9-11-18(7-3)16-24-20-13-14-22(21(23)15-20)25-17-19(8-4)12-10-6-2/h13-15,18-19H,5-12,16-17H2,1-4H3/t18-,19?/m0/s1. The zero-order valence-corrected chi connectivity index (χ0v) is 18.8. The highest BCUT2D eigenvalue weighted by atomic mass is 127. The molecular formula is C22H37IO2. The van der Waals surface area contributed by atoms with Gasteiger partial charge in [0.25, 0.3) is 0 Å². The van der Waals surface area contributed by atoms with Gasteiger partial charge in [0.2, 0.25) is 0 Å². The monoisotopic (exact) mass is 460 g/mol. The second-order valence-electron chi connectivity index (χ2n) is 7.05. The van der Waals surface area contributed by atoms with Crippen LogP contribution in [0.15, 0.2) is 18.2 Å². The van der Waals surface area contributed by atoms with Crippen LogP contribution in [0.2, 0.25) is 0 Å². The van der Waals surface area contributed by atoms with Gasteiger partial charge in [-0.2, -0.15) is 0 Å². The number of ether oxygens (including phenoxy) is 2. The second-order valence-corrected chi connectivity index (χ2v) is 8.21. The summed E-state index contributed by atoms with van der Waals surface area (Å²) in [6.45, 7) is 10.7. The molecule has 0 spiro atoms. The van der Waals surface area contributed by atoms with Crippen LogP contribution in [0, 0.1) is 15.4 Å². The van der Waals surface area contributed by atoms with E-state index >= 15 is 0 Å². The van der Waals surface area contributed by atoms with E-state index < -0.39 is 0 Å². The third kappa shape index (κ3) is 9.16. The normalized spacial score (nSPS) is 13.5. The molecule has 3 heteroatoms. The fourth-order valence-electron chi connectivity index (χ4n) is 2.91. The first-order chi connectivity index (χ1) is 12.1. The summed E-state index contributed by atoms with van der Waals surface area (Å²) < 4.78 is 13.3. The molecule has 0 aliphatic rings. The van der Waals surface area contributed by atoms with Crippen molar-refractivity contribution in [1.29, 1.82) is 0 Å². The van der Waals surface area contributed by atoms with E-state index in [0.29, 0.717) is 11.8 Å². The lowest BCUT2D eigenvalue weighted by atomic mass is 10.0. The molecule has 1 unspecified atom stereocenters. The van der Waals surface area contributed by atoms with E-state index in [0.717, 1.165) is 28.3 Å². The first kappa shape index (κ1) is 22.6. The maximum atomic E-state index is 6.08. The van der Waals surface area contributed by atoms with Gasteiger partial charge in [-0.05, 0) is 65.5 Å². The highest BCUT2D eigenvalue weighted by molar-refractivity contribution is 14.1. The summed E-state index contributed by atoms with van der Waals surface area (Å²) in [6.07, 6.45) is 10.0. The lowest BCUT2D eigenvalue weighted by molar-refractivity contribution is 0.226. The summed E-state index contributed by atoms with van der Waals surface area (Å²) in [7, 11) is 0. The van der Waals surface area contributed by atoms with Gasteiger partial charge in [-0.1, -0.05) is 66.2 Å². The Labute approximate surface area is 169 Å². The molecule has 0 radical (unpaired) electrons. The quantitative estimate of drug-likeness (QED) is 0.268. The van der Waals surface area contributed by atoms with Crippen LogP contribution < -0.4 is 9.47 Å². The highest BCUT2D eigenvalue weighted by Gasteiger charge is 2.11. The van der Waals surface area contributed by atoms with Crippen LogP contribution in [-0.4, -0.2) is 13.2 Å². The van der Waals surface area contributed by atoms with Crippen molar-refractivity contribution in [2.75, 3.05) is 13.2 Å². The van der Waals surface area contributed by atoms with Gasteiger partial charge in [0.05, 0.1) is 16.8 Å². The summed E-state index contributed by atoms with van der Waals surface area (Å²) >= 11 is 2.36. The Hall–Kier alpha value is -0.450. The molecule has 0 aliphatic heterocycles. The van der Waals surface area contributed by atoms with Crippen molar-refractivity contribution in [2.45, 2.75) is 79.1 Å². The van der Waals surface area contributed by atoms with Crippen LogP contribution >= 0.6 is 22.6 Å². The van der Waals surface area contributed by atoms with Gasteiger partial charge >= 0.3 is 0 Å². The van der Waals surface area contributed by atoms with Crippen LogP contribution in [-0.2, 0) is 0 Å². The molecule has 0 amide bonds. The fraction of sp³-hybridized carbons (Fsp3) is 0.727. The molecule has 0 aromatic heterocycles. The molecule has 0 N–H and O–H groups in total. The topological polar surface area (TPSA) is 18.5 Å². The number of hydrogen-bond donors (Lipinski definition) is 0. The van der Waals surface area contributed by atoms with Crippen molar-refractivity contribution in [2.24, 2.45) is 11.8 Å². The maximum Gasteiger partial charge on any atom is 0.132 e. The predicted octanol–water partition coefficient (Wildman–Crippen LogP) is 7.48. The van der Waals surface area contributed by atoms with Crippen LogP contribution in [0.5, 0.6) is 11.5 Å². The van der Waals surface area contributed by atoms with Crippen LogP contribution in [0.3, 0.4) is 0 Å². The molecule has 1 aromatic rings. The van der Waals surface area contributed by atoms with Crippen LogP contribution in [0.1, 0.15) is 79.1 Å². The number of hydrogen-bond acceptors (Lipinski definition) is 2. The van der Waals surface area contributed by atoms with Gasteiger partial charge in [-0.3, -0.25) is 0 Å². The Morgan fingerprint density at radius 3 is 1.88 bits per heavy atom. The average Bonchev–Trinajstić information content (AvgIpc) is 2.63. The van der Waals surface area contributed by atoms with E-state index in [1.165, 1.54) is 51.4 Å². The van der Waals surface area contributed by atoms with E-state index in [-0.39, 0.29) is 0 Å². The molecule has 2 atom stereocenters. The van der Waals surface area contributed by atoms with Gasteiger partial charge in [-0.15, -0.1) is 0 Å². The SMILES string of the molecule is CCCCC(CC)COc1ccc(OC[C@@H](CC)CCCC)cc1I. The Morgan fingerprint density at radius 1 is 0.840 bits per heavy atom. The first-order valence-corrected chi connectivity index (χ1v) is 11.3. The molecule has 0 bridgehead atoms. The molecule has 1 aromatic carbocycles. The Morgan fingerprint density at radius 2 is 1.40 bits per heavy atom. The van der Waals surface area contributed by atoms with Crippen molar-refractivity contribution >= 4 is 22.6 Å². The Kier molecular flexibility index (Phi) is 12.4. The zero-order valence-electron chi connectivity index (χ0n) is 16.7.